The molecule has 2 aromatic heterocycles. The fraction of sp³-hybridized carbons (Fsp3) is 0.480. The van der Waals surface area contributed by atoms with Crippen molar-refractivity contribution >= 4 is 28.7 Å². The molecule has 3 aromatic rings. The maximum Gasteiger partial charge on any atom is 0.275 e. The predicted molar refractivity (Wildman–Crippen MR) is 130 cm³/mol. The van der Waals surface area contributed by atoms with Crippen LogP contribution >= 0.6 is 11.6 Å². The summed E-state index contributed by atoms with van der Waals surface area (Å²) in [4.78, 5) is 38.9. The quantitative estimate of drug-likeness (QED) is 0.520. The maximum atomic E-state index is 12.6. The van der Waals surface area contributed by atoms with Gasteiger partial charge in [-0.3, -0.25) is 9.59 Å². The average molecular weight is 482 g/mol. The molecule has 8 nitrogen and oxygen atoms in total. The summed E-state index contributed by atoms with van der Waals surface area (Å²) in [7, 11) is 1.59. The zero-order valence-electron chi connectivity index (χ0n) is 19.4. The van der Waals surface area contributed by atoms with Crippen molar-refractivity contribution in [1.82, 2.24) is 24.9 Å². The molecule has 34 heavy (non-hydrogen) atoms. The Hall–Kier alpha value is -2.84. The first-order chi connectivity index (χ1) is 16.3. The molecule has 1 atom stereocenters. The predicted octanol–water partition coefficient (Wildman–Crippen LogP) is 2.61. The fourth-order valence-corrected chi connectivity index (χ4v) is 6.16. The first-order valence-corrected chi connectivity index (χ1v) is 12.0. The summed E-state index contributed by atoms with van der Waals surface area (Å²) in [5, 5.41) is 12.0. The van der Waals surface area contributed by atoms with Gasteiger partial charge in [-0.2, -0.15) is 10.2 Å². The molecule has 2 fully saturated rings. The Morgan fingerprint density at radius 2 is 2.03 bits per heavy atom. The van der Waals surface area contributed by atoms with Crippen LogP contribution in [0, 0.1) is 18.3 Å². The van der Waals surface area contributed by atoms with Gasteiger partial charge in [0, 0.05) is 37.0 Å². The molecule has 0 amide bonds. The summed E-state index contributed by atoms with van der Waals surface area (Å²) in [5.74, 6) is -0.00199. The zero-order chi connectivity index (χ0) is 24.0. The van der Waals surface area contributed by atoms with Crippen molar-refractivity contribution in [3.05, 3.63) is 66.9 Å². The molecule has 1 aliphatic carbocycles. The third kappa shape index (κ3) is 3.88. The van der Waals surface area contributed by atoms with E-state index < -0.39 is 0 Å². The number of carbonyl (C=O) groups excluding carboxylic acids is 1. The van der Waals surface area contributed by atoms with Gasteiger partial charge in [-0.05, 0) is 67.7 Å². The fourth-order valence-electron chi connectivity index (χ4n) is 5.92. The van der Waals surface area contributed by atoms with E-state index in [-0.39, 0.29) is 23.0 Å². The summed E-state index contributed by atoms with van der Waals surface area (Å²) in [6, 6.07) is 3.59. The van der Waals surface area contributed by atoms with E-state index in [0.29, 0.717) is 21.2 Å². The molecule has 5 rings (SSSR count). The lowest BCUT2D eigenvalue weighted by Gasteiger charge is -2.60. The number of aryl methyl sites for hydroxylation is 2. The van der Waals surface area contributed by atoms with E-state index in [2.05, 4.69) is 20.2 Å². The number of likely N-dealkylation sites (tertiary alicyclic amines) is 1. The summed E-state index contributed by atoms with van der Waals surface area (Å²) in [6.07, 6.45) is 8.26. The number of hydrogen-bond donors (Lipinski definition) is 1. The SMILES string of the molecule is Cc1c(CCCN2CC3(CC(C(C=O)c4ccc(Cl)c5c(=O)n(C)ncc45)C3)C2)cn[nH]c1=O. The van der Waals surface area contributed by atoms with E-state index in [9.17, 15) is 14.4 Å². The molecule has 1 N–H and O–H groups in total. The van der Waals surface area contributed by atoms with Gasteiger partial charge in [0.1, 0.15) is 6.29 Å². The summed E-state index contributed by atoms with van der Waals surface area (Å²) < 4.78 is 1.27. The van der Waals surface area contributed by atoms with E-state index >= 15 is 0 Å². The third-order valence-electron chi connectivity index (χ3n) is 7.75. The minimum Gasteiger partial charge on any atom is -0.303 e. The van der Waals surface area contributed by atoms with E-state index in [0.717, 1.165) is 68.3 Å². The molecule has 1 saturated carbocycles. The lowest BCUT2D eigenvalue weighted by molar-refractivity contribution is -0.121. The van der Waals surface area contributed by atoms with Crippen molar-refractivity contribution in [2.24, 2.45) is 18.4 Å². The Kier molecular flexibility index (Phi) is 5.90. The molecule has 2 aliphatic rings. The standard InChI is InChI=1S/C25H28ClN5O3/c1-15-16(10-27-29-23(15)33)4-3-7-31-13-25(14-31)8-17(9-25)20(12-32)18-5-6-21(26)22-19(18)11-28-30(2)24(22)34/h5-6,10-12,17,20H,3-4,7-9,13-14H2,1-2H3,(H,29,33). The van der Waals surface area contributed by atoms with Gasteiger partial charge in [0.2, 0.25) is 0 Å². The van der Waals surface area contributed by atoms with Gasteiger partial charge in [-0.1, -0.05) is 17.7 Å². The lowest BCUT2D eigenvalue weighted by atomic mass is 9.54. The van der Waals surface area contributed by atoms with E-state index in [1.807, 2.05) is 13.0 Å². The number of aldehydes is 1. The second-order valence-corrected chi connectivity index (χ2v) is 10.4. The normalized spacial score (nSPS) is 18.6. The molecule has 1 aliphatic heterocycles. The molecule has 9 heteroatoms. The number of hydrogen-bond acceptors (Lipinski definition) is 6. The molecular weight excluding hydrogens is 454 g/mol. The maximum absolute atomic E-state index is 12.6. The van der Waals surface area contributed by atoms with Crippen molar-refractivity contribution in [1.29, 1.82) is 0 Å². The van der Waals surface area contributed by atoms with E-state index in [4.69, 9.17) is 11.6 Å². The van der Waals surface area contributed by atoms with Crippen LogP contribution in [0.1, 0.15) is 41.9 Å². The Balaban J connectivity index is 1.20. The summed E-state index contributed by atoms with van der Waals surface area (Å²) in [5.41, 5.74) is 2.53. The number of aromatic amines is 1. The molecule has 0 bridgehead atoms. The van der Waals surface area contributed by atoms with Gasteiger partial charge in [0.25, 0.3) is 11.1 Å². The van der Waals surface area contributed by atoms with Gasteiger partial charge in [-0.15, -0.1) is 0 Å². The smallest absolute Gasteiger partial charge is 0.275 e. The van der Waals surface area contributed by atoms with Crippen LogP contribution < -0.4 is 11.1 Å². The number of nitrogens with one attached hydrogen (secondary N) is 1. The molecule has 1 spiro atoms. The van der Waals surface area contributed by atoms with Gasteiger partial charge in [0.15, 0.2) is 0 Å². The topological polar surface area (TPSA) is 101 Å². The third-order valence-corrected chi connectivity index (χ3v) is 8.06. The van der Waals surface area contributed by atoms with Crippen LogP contribution in [0.25, 0.3) is 10.8 Å². The molecule has 3 heterocycles. The van der Waals surface area contributed by atoms with Crippen LogP contribution in [0.5, 0.6) is 0 Å². The number of carbonyl (C=O) groups is 1. The molecule has 1 saturated heterocycles. The van der Waals surface area contributed by atoms with Crippen molar-refractivity contribution in [3.63, 3.8) is 0 Å². The summed E-state index contributed by atoms with van der Waals surface area (Å²) in [6.45, 7) is 4.92. The molecule has 0 radical (unpaired) electrons. The van der Waals surface area contributed by atoms with Crippen molar-refractivity contribution < 1.29 is 4.79 Å². The van der Waals surface area contributed by atoms with Crippen LogP contribution in [-0.2, 0) is 18.3 Å². The monoisotopic (exact) mass is 481 g/mol. The average Bonchev–Trinajstić information content (AvgIpc) is 2.76. The van der Waals surface area contributed by atoms with Gasteiger partial charge >= 0.3 is 0 Å². The number of benzene rings is 1. The highest BCUT2D eigenvalue weighted by atomic mass is 35.5. The first-order valence-electron chi connectivity index (χ1n) is 11.7. The minimum atomic E-state index is -0.264. The van der Waals surface area contributed by atoms with Gasteiger partial charge in [-0.25, -0.2) is 9.78 Å². The number of halogens is 1. The van der Waals surface area contributed by atoms with Gasteiger partial charge < -0.3 is 9.69 Å². The van der Waals surface area contributed by atoms with Crippen LogP contribution in [0.15, 0.2) is 34.1 Å². The Morgan fingerprint density at radius 3 is 2.76 bits per heavy atom. The van der Waals surface area contributed by atoms with E-state index in [1.54, 1.807) is 25.5 Å². The molecule has 178 valence electrons. The van der Waals surface area contributed by atoms with Crippen LogP contribution in [0.3, 0.4) is 0 Å². The molecule has 1 unspecified atom stereocenters. The van der Waals surface area contributed by atoms with E-state index in [1.165, 1.54) is 4.68 Å². The number of nitrogens with zero attached hydrogens (tertiary/aromatic N) is 4. The van der Waals surface area contributed by atoms with Gasteiger partial charge in [0.05, 0.1) is 22.8 Å². The lowest BCUT2D eigenvalue weighted by Crippen LogP contribution is -2.63. The number of fused-ring (bicyclic) bond motifs is 1. The largest absolute Gasteiger partial charge is 0.303 e. The molecular formula is C25H28ClN5O3. The highest BCUT2D eigenvalue weighted by Gasteiger charge is 2.53. The highest BCUT2D eigenvalue weighted by molar-refractivity contribution is 6.35. The second kappa shape index (κ2) is 8.74. The first kappa shape index (κ1) is 22.9. The Labute approximate surface area is 201 Å². The number of H-pyrrole nitrogens is 1. The van der Waals surface area contributed by atoms with Crippen molar-refractivity contribution in [3.8, 4) is 0 Å². The van der Waals surface area contributed by atoms with Crippen LogP contribution in [0.2, 0.25) is 5.02 Å². The summed E-state index contributed by atoms with van der Waals surface area (Å²) >= 11 is 6.32. The highest BCUT2D eigenvalue weighted by Crippen LogP contribution is 2.56. The minimum absolute atomic E-state index is 0.116. The van der Waals surface area contributed by atoms with Crippen LogP contribution in [-0.4, -0.2) is 50.8 Å². The number of rotatable bonds is 7. The van der Waals surface area contributed by atoms with Crippen molar-refractivity contribution in [2.45, 2.75) is 38.5 Å². The van der Waals surface area contributed by atoms with Crippen molar-refractivity contribution in [2.75, 3.05) is 19.6 Å². The molecule has 1 aromatic carbocycles. The number of aromatic nitrogens is 4. The Morgan fingerprint density at radius 1 is 1.26 bits per heavy atom. The zero-order valence-corrected chi connectivity index (χ0v) is 20.1. The van der Waals surface area contributed by atoms with Crippen LogP contribution in [0.4, 0.5) is 0 Å². The second-order valence-electron chi connectivity index (χ2n) is 9.99. The Bertz CT molecular complexity index is 1370.